The Morgan fingerprint density at radius 3 is 2.95 bits per heavy atom. The molecule has 1 aliphatic carbocycles. The fourth-order valence-electron chi connectivity index (χ4n) is 2.74. The van der Waals surface area contributed by atoms with E-state index in [4.69, 9.17) is 0 Å². The minimum Gasteiger partial charge on any atom is -0.393 e. The third kappa shape index (κ3) is 4.67. The molecule has 1 saturated carbocycles. The van der Waals surface area contributed by atoms with Gasteiger partial charge in [0.15, 0.2) is 0 Å². The highest BCUT2D eigenvalue weighted by Crippen LogP contribution is 2.24. The Balaban J connectivity index is 1.79. The molecule has 0 bridgehead atoms. The monoisotopic (exact) mass is 292 g/mol. The lowest BCUT2D eigenvalue weighted by Gasteiger charge is -2.31. The summed E-state index contributed by atoms with van der Waals surface area (Å²) in [7, 11) is 1.77. The normalized spacial score (nSPS) is 21.9. The van der Waals surface area contributed by atoms with Gasteiger partial charge < -0.3 is 15.3 Å². The standard InChI is InChI=1S/C15H24N4O2/c1-11-16-8-7-13(18-11)9-17-15(21)19(2)10-12-5-3-4-6-14(12)20/h7-8,12,14,20H,3-6,9-10H2,1-2H3,(H,17,21). The Labute approximate surface area is 125 Å². The zero-order valence-corrected chi connectivity index (χ0v) is 12.7. The molecule has 2 atom stereocenters. The Morgan fingerprint density at radius 1 is 1.48 bits per heavy atom. The van der Waals surface area contributed by atoms with E-state index < -0.39 is 0 Å². The number of urea groups is 1. The zero-order chi connectivity index (χ0) is 15.2. The first-order valence-electron chi connectivity index (χ1n) is 7.52. The molecule has 0 saturated heterocycles. The first-order valence-corrected chi connectivity index (χ1v) is 7.52. The predicted molar refractivity (Wildman–Crippen MR) is 79.6 cm³/mol. The van der Waals surface area contributed by atoms with Crippen LogP contribution in [0.15, 0.2) is 12.3 Å². The Bertz CT molecular complexity index is 480. The Morgan fingerprint density at radius 2 is 2.24 bits per heavy atom. The number of amides is 2. The largest absolute Gasteiger partial charge is 0.393 e. The van der Waals surface area contributed by atoms with Crippen molar-refractivity contribution >= 4 is 6.03 Å². The van der Waals surface area contributed by atoms with E-state index in [2.05, 4.69) is 15.3 Å². The molecule has 0 aliphatic heterocycles. The van der Waals surface area contributed by atoms with Gasteiger partial charge in [-0.25, -0.2) is 14.8 Å². The summed E-state index contributed by atoms with van der Waals surface area (Å²) >= 11 is 0. The van der Waals surface area contributed by atoms with Crippen LogP contribution in [-0.4, -0.2) is 45.7 Å². The molecule has 116 valence electrons. The van der Waals surface area contributed by atoms with E-state index in [0.29, 0.717) is 18.9 Å². The molecule has 6 nitrogen and oxygen atoms in total. The molecular formula is C15H24N4O2. The van der Waals surface area contributed by atoms with Gasteiger partial charge in [0.25, 0.3) is 0 Å². The Kier molecular flexibility index (Phi) is 5.50. The van der Waals surface area contributed by atoms with E-state index in [1.807, 2.05) is 6.92 Å². The summed E-state index contributed by atoms with van der Waals surface area (Å²) in [5, 5.41) is 12.8. The molecule has 1 aromatic rings. The van der Waals surface area contributed by atoms with Gasteiger partial charge in [0.1, 0.15) is 5.82 Å². The summed E-state index contributed by atoms with van der Waals surface area (Å²) in [5.41, 5.74) is 0.793. The quantitative estimate of drug-likeness (QED) is 0.881. The molecule has 21 heavy (non-hydrogen) atoms. The minimum atomic E-state index is -0.279. The number of nitrogens with one attached hydrogen (secondary N) is 1. The lowest BCUT2D eigenvalue weighted by atomic mass is 9.86. The van der Waals surface area contributed by atoms with Gasteiger partial charge in [-0.2, -0.15) is 0 Å². The fourth-order valence-corrected chi connectivity index (χ4v) is 2.74. The van der Waals surface area contributed by atoms with Crippen molar-refractivity contribution in [2.45, 2.75) is 45.3 Å². The molecule has 1 aliphatic rings. The number of nitrogens with zero attached hydrogens (tertiary/aromatic N) is 3. The van der Waals surface area contributed by atoms with Crippen molar-refractivity contribution in [3.8, 4) is 0 Å². The summed E-state index contributed by atoms with van der Waals surface area (Å²) in [6.45, 7) is 2.80. The summed E-state index contributed by atoms with van der Waals surface area (Å²) in [6.07, 6.45) is 5.47. The predicted octanol–water partition coefficient (Wildman–Crippen LogP) is 1.48. The van der Waals surface area contributed by atoms with E-state index in [9.17, 15) is 9.90 Å². The van der Waals surface area contributed by atoms with E-state index in [-0.39, 0.29) is 18.1 Å². The van der Waals surface area contributed by atoms with Gasteiger partial charge in [-0.3, -0.25) is 0 Å². The fraction of sp³-hybridized carbons (Fsp3) is 0.667. The van der Waals surface area contributed by atoms with Crippen LogP contribution in [0.2, 0.25) is 0 Å². The number of aliphatic hydroxyl groups is 1. The average Bonchev–Trinajstić information content (AvgIpc) is 2.47. The third-order valence-electron chi connectivity index (χ3n) is 3.98. The molecule has 0 aromatic carbocycles. The van der Waals surface area contributed by atoms with E-state index in [1.165, 1.54) is 0 Å². The number of aryl methyl sites for hydroxylation is 1. The first-order chi connectivity index (χ1) is 10.1. The highest BCUT2D eigenvalue weighted by molar-refractivity contribution is 5.73. The number of rotatable bonds is 4. The SMILES string of the molecule is Cc1nccc(CNC(=O)N(C)CC2CCCCC2O)n1. The molecule has 2 unspecified atom stereocenters. The molecule has 2 rings (SSSR count). The highest BCUT2D eigenvalue weighted by atomic mass is 16.3. The molecular weight excluding hydrogens is 268 g/mol. The van der Waals surface area contributed by atoms with Crippen LogP contribution in [0, 0.1) is 12.8 Å². The van der Waals surface area contributed by atoms with Gasteiger partial charge >= 0.3 is 6.03 Å². The van der Waals surface area contributed by atoms with Gasteiger partial charge in [-0.1, -0.05) is 12.8 Å². The van der Waals surface area contributed by atoms with Crippen molar-refractivity contribution in [2.24, 2.45) is 5.92 Å². The number of carbonyl (C=O) groups excluding carboxylic acids is 1. The second-order valence-corrected chi connectivity index (χ2v) is 5.75. The van der Waals surface area contributed by atoms with Crippen LogP contribution >= 0.6 is 0 Å². The summed E-state index contributed by atoms with van der Waals surface area (Å²) < 4.78 is 0. The van der Waals surface area contributed by atoms with Gasteiger partial charge in [0, 0.05) is 25.7 Å². The van der Waals surface area contributed by atoms with Gasteiger partial charge in [-0.05, 0) is 25.8 Å². The number of aromatic nitrogens is 2. The van der Waals surface area contributed by atoms with E-state index in [0.717, 1.165) is 31.4 Å². The lowest BCUT2D eigenvalue weighted by molar-refractivity contribution is 0.0564. The van der Waals surface area contributed by atoms with Crippen molar-refractivity contribution in [1.29, 1.82) is 0 Å². The maximum atomic E-state index is 12.1. The number of hydrogen-bond acceptors (Lipinski definition) is 4. The van der Waals surface area contributed by atoms with Crippen molar-refractivity contribution in [3.63, 3.8) is 0 Å². The van der Waals surface area contributed by atoms with Crippen LogP contribution in [0.4, 0.5) is 4.79 Å². The zero-order valence-electron chi connectivity index (χ0n) is 12.7. The lowest BCUT2D eigenvalue weighted by Crippen LogP contribution is -2.42. The van der Waals surface area contributed by atoms with Crippen LogP contribution in [-0.2, 0) is 6.54 Å². The molecule has 2 N–H and O–H groups in total. The highest BCUT2D eigenvalue weighted by Gasteiger charge is 2.25. The number of hydrogen-bond donors (Lipinski definition) is 2. The van der Waals surface area contributed by atoms with Crippen molar-refractivity contribution in [1.82, 2.24) is 20.2 Å². The topological polar surface area (TPSA) is 78.4 Å². The van der Waals surface area contributed by atoms with Crippen LogP contribution in [0.3, 0.4) is 0 Å². The number of carbonyl (C=O) groups is 1. The smallest absolute Gasteiger partial charge is 0.317 e. The molecule has 1 heterocycles. The second-order valence-electron chi connectivity index (χ2n) is 5.75. The van der Waals surface area contributed by atoms with Crippen molar-refractivity contribution in [3.05, 3.63) is 23.8 Å². The van der Waals surface area contributed by atoms with Crippen molar-refractivity contribution < 1.29 is 9.90 Å². The van der Waals surface area contributed by atoms with Crippen molar-refractivity contribution in [2.75, 3.05) is 13.6 Å². The van der Waals surface area contributed by atoms with Crippen LogP contribution in [0.25, 0.3) is 0 Å². The molecule has 1 fully saturated rings. The number of aliphatic hydroxyl groups excluding tert-OH is 1. The van der Waals surface area contributed by atoms with Gasteiger partial charge in [-0.15, -0.1) is 0 Å². The first kappa shape index (κ1) is 15.7. The Hall–Kier alpha value is -1.69. The summed E-state index contributed by atoms with van der Waals surface area (Å²) in [6, 6.07) is 1.65. The molecule has 2 amide bonds. The van der Waals surface area contributed by atoms with Gasteiger partial charge in [0.05, 0.1) is 18.3 Å². The minimum absolute atomic E-state index is 0.135. The maximum Gasteiger partial charge on any atom is 0.317 e. The average molecular weight is 292 g/mol. The summed E-state index contributed by atoms with van der Waals surface area (Å²) in [4.78, 5) is 22.0. The molecule has 0 spiro atoms. The molecule has 1 aromatic heterocycles. The molecule has 6 heteroatoms. The second kappa shape index (κ2) is 7.36. The molecule has 0 radical (unpaired) electrons. The third-order valence-corrected chi connectivity index (χ3v) is 3.98. The summed E-state index contributed by atoms with van der Waals surface area (Å²) in [5.74, 6) is 0.885. The van der Waals surface area contributed by atoms with Gasteiger partial charge in [0.2, 0.25) is 0 Å². The van der Waals surface area contributed by atoms with Crippen LogP contribution in [0.5, 0.6) is 0 Å². The van der Waals surface area contributed by atoms with E-state index >= 15 is 0 Å². The van der Waals surface area contributed by atoms with Crippen LogP contribution < -0.4 is 5.32 Å². The van der Waals surface area contributed by atoms with E-state index in [1.54, 1.807) is 24.2 Å². The van der Waals surface area contributed by atoms with Crippen LogP contribution in [0.1, 0.15) is 37.2 Å². The maximum absolute atomic E-state index is 12.1.